The Bertz CT molecular complexity index is 393. The summed E-state index contributed by atoms with van der Waals surface area (Å²) in [7, 11) is 1.99. The summed E-state index contributed by atoms with van der Waals surface area (Å²) in [5.74, 6) is 0. The van der Waals surface area contributed by atoms with Crippen molar-refractivity contribution in [3.8, 4) is 0 Å². The number of nitrogens with zero attached hydrogens (tertiary/aromatic N) is 1. The van der Waals surface area contributed by atoms with Crippen molar-refractivity contribution in [2.75, 3.05) is 30.4 Å². The maximum Gasteiger partial charge on any atom is 0.223 e. The Labute approximate surface area is 95.8 Å². The van der Waals surface area contributed by atoms with E-state index in [1.807, 2.05) is 14.0 Å². The molecular weight excluding hydrogens is 208 g/mol. The van der Waals surface area contributed by atoms with E-state index < -0.39 is 0 Å². The molecule has 4 heteroatoms. The average molecular weight is 226 g/mol. The number of rotatable bonds is 6. The predicted octanol–water partition coefficient (Wildman–Crippen LogP) is 2.32. The van der Waals surface area contributed by atoms with Crippen molar-refractivity contribution in [1.82, 2.24) is 0 Å². The molecule has 1 rings (SSSR count). The Morgan fingerprint density at radius 3 is 2.60 bits per heavy atom. The fraction of sp³-hybridized carbons (Fsp3) is 0.636. The molecule has 0 saturated heterocycles. The summed E-state index contributed by atoms with van der Waals surface area (Å²) in [6.07, 6.45) is 2.27. The van der Waals surface area contributed by atoms with Crippen LogP contribution < -0.4 is 15.6 Å². The maximum absolute atomic E-state index is 11.5. The summed E-state index contributed by atoms with van der Waals surface area (Å²) in [5.41, 5.74) is 1.61. The van der Waals surface area contributed by atoms with Gasteiger partial charge in [-0.1, -0.05) is 25.6 Å². The number of nitrogens with one attached hydrogen (secondary N) is 1. The molecule has 0 aliphatic heterocycles. The van der Waals surface area contributed by atoms with Crippen LogP contribution in [0.1, 0.15) is 26.7 Å². The van der Waals surface area contributed by atoms with E-state index in [4.69, 9.17) is 12.2 Å². The van der Waals surface area contributed by atoms with Crippen LogP contribution in [0, 0.1) is 4.51 Å². The van der Waals surface area contributed by atoms with Crippen molar-refractivity contribution in [2.45, 2.75) is 26.7 Å². The van der Waals surface area contributed by atoms with E-state index >= 15 is 0 Å². The van der Waals surface area contributed by atoms with Crippen LogP contribution in [0.3, 0.4) is 0 Å². The summed E-state index contributed by atoms with van der Waals surface area (Å²) in [4.78, 5) is 13.5. The van der Waals surface area contributed by atoms with E-state index in [0.29, 0.717) is 10.2 Å². The highest BCUT2D eigenvalue weighted by atomic mass is 32.1. The van der Waals surface area contributed by atoms with E-state index in [1.54, 1.807) is 0 Å². The third-order valence-electron chi connectivity index (χ3n) is 2.47. The van der Waals surface area contributed by atoms with Crippen molar-refractivity contribution >= 4 is 23.6 Å². The van der Waals surface area contributed by atoms with Gasteiger partial charge in [0.25, 0.3) is 0 Å². The van der Waals surface area contributed by atoms with Crippen LogP contribution in [-0.2, 0) is 0 Å². The fourth-order valence-corrected chi connectivity index (χ4v) is 1.95. The minimum atomic E-state index is -0.00908. The summed E-state index contributed by atoms with van der Waals surface area (Å²) < 4.78 is 0.476. The van der Waals surface area contributed by atoms with E-state index in [1.165, 1.54) is 0 Å². The Balaban J connectivity index is 2.80. The van der Waals surface area contributed by atoms with Gasteiger partial charge in [0.2, 0.25) is 5.43 Å². The van der Waals surface area contributed by atoms with Crippen molar-refractivity contribution < 1.29 is 0 Å². The second kappa shape index (κ2) is 5.26. The van der Waals surface area contributed by atoms with E-state index in [2.05, 4.69) is 17.1 Å². The number of unbranched alkanes of at least 4 members (excludes halogenated alkanes) is 1. The molecular formula is C11H18N2OS. The van der Waals surface area contributed by atoms with Crippen LogP contribution in [0.2, 0.25) is 0 Å². The van der Waals surface area contributed by atoms with Crippen LogP contribution in [0.25, 0.3) is 0 Å². The minimum absolute atomic E-state index is 0.00908. The molecule has 1 aromatic carbocycles. The monoisotopic (exact) mass is 226 g/mol. The molecule has 0 heterocycles. The molecule has 0 aromatic heterocycles. The first-order valence-corrected chi connectivity index (χ1v) is 5.82. The van der Waals surface area contributed by atoms with Gasteiger partial charge in [0, 0.05) is 20.1 Å². The largest absolute Gasteiger partial charge is 0.380 e. The molecule has 0 bridgehead atoms. The molecule has 3 nitrogen and oxygen atoms in total. The van der Waals surface area contributed by atoms with Gasteiger partial charge in [-0.15, -0.1) is 0 Å². The summed E-state index contributed by atoms with van der Waals surface area (Å²) >= 11 is 5.06. The Hall–Kier alpha value is -0.900. The molecule has 1 N–H and O–H groups in total. The van der Waals surface area contributed by atoms with E-state index in [-0.39, 0.29) is 5.43 Å². The van der Waals surface area contributed by atoms with Crippen LogP contribution in [0.4, 0.5) is 11.4 Å². The molecule has 0 amide bonds. The molecule has 84 valence electrons. The first-order chi connectivity index (χ1) is 7.13. The zero-order chi connectivity index (χ0) is 11.4. The van der Waals surface area contributed by atoms with Crippen LogP contribution >= 0.6 is 12.2 Å². The highest BCUT2D eigenvalue weighted by molar-refractivity contribution is 7.71. The van der Waals surface area contributed by atoms with Crippen LogP contribution in [0.5, 0.6) is 0 Å². The molecule has 0 spiro atoms. The number of anilines is 2. The maximum atomic E-state index is 11.5. The molecule has 0 radical (unpaired) electrons. The van der Waals surface area contributed by atoms with Crippen molar-refractivity contribution in [3.05, 3.63) is 14.7 Å². The summed E-state index contributed by atoms with van der Waals surface area (Å²) in [5, 5.41) is 3.07. The molecule has 0 fully saturated rings. The first-order valence-electron chi connectivity index (χ1n) is 5.41. The van der Waals surface area contributed by atoms with Gasteiger partial charge in [-0.3, -0.25) is 4.79 Å². The van der Waals surface area contributed by atoms with Crippen molar-refractivity contribution in [3.63, 3.8) is 0 Å². The number of hydrogen-bond donors (Lipinski definition) is 1. The highest BCUT2D eigenvalue weighted by Crippen LogP contribution is 2.26. The topological polar surface area (TPSA) is 32.3 Å². The lowest BCUT2D eigenvalue weighted by Crippen LogP contribution is -2.28. The average Bonchev–Trinajstić information content (AvgIpc) is 2.25. The molecule has 0 saturated carbocycles. The molecule has 0 aliphatic carbocycles. The lowest BCUT2D eigenvalue weighted by molar-refractivity contribution is 0.764. The molecule has 0 atom stereocenters. The molecule has 15 heavy (non-hydrogen) atoms. The van der Waals surface area contributed by atoms with Gasteiger partial charge < -0.3 is 10.2 Å². The SMILES string of the molecule is CCCCN(C)c1c(NCC)c(=O)c1=S. The lowest BCUT2D eigenvalue weighted by Gasteiger charge is -2.24. The Morgan fingerprint density at radius 2 is 2.07 bits per heavy atom. The second-order valence-corrected chi connectivity index (χ2v) is 4.10. The van der Waals surface area contributed by atoms with Gasteiger partial charge in [0.15, 0.2) is 0 Å². The quantitative estimate of drug-likeness (QED) is 0.755. The summed E-state index contributed by atoms with van der Waals surface area (Å²) in [6.45, 7) is 5.84. The predicted molar refractivity (Wildman–Crippen MR) is 68.3 cm³/mol. The Morgan fingerprint density at radius 1 is 1.40 bits per heavy atom. The van der Waals surface area contributed by atoms with Crippen molar-refractivity contribution in [2.24, 2.45) is 0 Å². The van der Waals surface area contributed by atoms with Crippen molar-refractivity contribution in [1.29, 1.82) is 0 Å². The van der Waals surface area contributed by atoms with Gasteiger partial charge in [0.1, 0.15) is 10.2 Å². The second-order valence-electron chi connectivity index (χ2n) is 3.69. The van der Waals surface area contributed by atoms with Gasteiger partial charge in [-0.2, -0.15) is 0 Å². The zero-order valence-electron chi connectivity index (χ0n) is 9.59. The minimum Gasteiger partial charge on any atom is -0.380 e. The standard InChI is InChI=1S/C11H18N2OS/c1-4-6-7-13(3)9-8(12-5-2)10(14)11(9)15/h12H,4-7H2,1-3H3. The van der Waals surface area contributed by atoms with Gasteiger partial charge in [0.05, 0.1) is 5.69 Å². The van der Waals surface area contributed by atoms with Crippen LogP contribution in [-0.4, -0.2) is 20.1 Å². The van der Waals surface area contributed by atoms with Gasteiger partial charge in [-0.05, 0) is 13.3 Å². The molecule has 1 aromatic rings. The normalized spacial score (nSPS) is 10.6. The molecule has 0 aliphatic rings. The van der Waals surface area contributed by atoms with Gasteiger partial charge >= 0.3 is 0 Å². The lowest BCUT2D eigenvalue weighted by atomic mass is 10.1. The smallest absolute Gasteiger partial charge is 0.223 e. The highest BCUT2D eigenvalue weighted by Gasteiger charge is 2.19. The third-order valence-corrected chi connectivity index (χ3v) is 2.85. The number of hydrogen-bond acceptors (Lipinski definition) is 4. The fourth-order valence-electron chi connectivity index (χ4n) is 1.59. The van der Waals surface area contributed by atoms with E-state index in [9.17, 15) is 4.79 Å². The summed E-state index contributed by atoms with van der Waals surface area (Å²) in [6, 6.07) is 0. The van der Waals surface area contributed by atoms with Gasteiger partial charge in [-0.25, -0.2) is 0 Å². The van der Waals surface area contributed by atoms with Crippen LogP contribution in [0.15, 0.2) is 4.79 Å². The van der Waals surface area contributed by atoms with E-state index in [0.717, 1.165) is 31.6 Å². The molecule has 0 unspecified atom stereocenters. The Kier molecular flexibility index (Phi) is 4.27. The third kappa shape index (κ3) is 2.37. The first kappa shape index (κ1) is 12.2. The zero-order valence-corrected chi connectivity index (χ0v) is 10.4.